The van der Waals surface area contributed by atoms with E-state index in [0.29, 0.717) is 24.0 Å². The molecule has 0 spiro atoms. The molecule has 244 valence electrons. The van der Waals surface area contributed by atoms with Crippen molar-refractivity contribution in [2.24, 2.45) is 11.8 Å². The van der Waals surface area contributed by atoms with Gasteiger partial charge in [-0.1, -0.05) is 26.7 Å². The van der Waals surface area contributed by atoms with Crippen LogP contribution < -0.4 is 9.44 Å². The second-order valence-corrected chi connectivity index (χ2v) is 13.8. The maximum Gasteiger partial charge on any atom is 4.00 e. The third kappa shape index (κ3) is 22.8. The normalized spacial score (nSPS) is 14.2. The average Bonchev–Trinajstić information content (AvgIpc) is 3.69. The molecule has 2 aliphatic rings. The fourth-order valence-electron chi connectivity index (χ4n) is 3.43. The van der Waals surface area contributed by atoms with Crippen molar-refractivity contribution in [3.05, 3.63) is 119 Å². The quantitative estimate of drug-likeness (QED) is 0.192. The van der Waals surface area contributed by atoms with Crippen LogP contribution in [0.2, 0.25) is 0 Å². The molecule has 4 rings (SSSR count). The van der Waals surface area contributed by atoms with Crippen molar-refractivity contribution in [1.82, 2.24) is 9.44 Å². The van der Waals surface area contributed by atoms with Gasteiger partial charge in [-0.15, -0.1) is 48.2 Å². The molecule has 0 saturated carbocycles. The Balaban J connectivity index is 0.000000644. The van der Waals surface area contributed by atoms with E-state index in [1.807, 2.05) is 36.4 Å². The zero-order valence-corrected chi connectivity index (χ0v) is 28.8. The van der Waals surface area contributed by atoms with Crippen LogP contribution in [0.15, 0.2) is 60.7 Å². The van der Waals surface area contributed by atoms with Crippen LogP contribution in [-0.2, 0) is 54.6 Å². The van der Waals surface area contributed by atoms with Crippen molar-refractivity contribution in [3.8, 4) is 0 Å². The summed E-state index contributed by atoms with van der Waals surface area (Å²) in [6, 6.07) is 8.85. The van der Waals surface area contributed by atoms with Gasteiger partial charge in [0.25, 0.3) is 0 Å². The van der Waals surface area contributed by atoms with Gasteiger partial charge in [-0.25, -0.2) is 68.1 Å². The second-order valence-electron chi connectivity index (χ2n) is 10.2. The average molecular weight is 703 g/mol. The summed E-state index contributed by atoms with van der Waals surface area (Å²) in [5.74, 6) is -3.11. The third-order valence-electron chi connectivity index (χ3n) is 5.58. The van der Waals surface area contributed by atoms with Crippen molar-refractivity contribution in [2.75, 3.05) is 25.6 Å². The van der Waals surface area contributed by atoms with Crippen molar-refractivity contribution < 1.29 is 56.1 Å². The Morgan fingerprint density at radius 3 is 1.27 bits per heavy atom. The van der Waals surface area contributed by atoms with E-state index in [9.17, 15) is 34.4 Å². The first-order valence-corrected chi connectivity index (χ1v) is 17.4. The largest absolute Gasteiger partial charge is 4.00 e. The summed E-state index contributed by atoms with van der Waals surface area (Å²) in [7, 11) is -6.48. The molecule has 2 unspecified atom stereocenters. The molecule has 0 amide bonds. The second kappa shape index (κ2) is 22.2. The smallest absolute Gasteiger partial charge is 0.273 e. The topological polar surface area (TPSA) is 92.3 Å². The summed E-state index contributed by atoms with van der Waals surface area (Å²) in [5.41, 5.74) is 0.656. The maximum atomic E-state index is 13.3. The number of halogens is 4. The summed E-state index contributed by atoms with van der Waals surface area (Å²) >= 11 is 0. The zero-order valence-electron chi connectivity index (χ0n) is 25.6. The van der Waals surface area contributed by atoms with E-state index < -0.39 is 43.3 Å². The van der Waals surface area contributed by atoms with Crippen LogP contribution in [0.3, 0.4) is 0 Å². The summed E-state index contributed by atoms with van der Waals surface area (Å²) in [4.78, 5) is 0. The summed E-state index contributed by atoms with van der Waals surface area (Å²) < 4.78 is 99.8. The number of rotatable bonds is 10. The monoisotopic (exact) mass is 702 g/mol. The third-order valence-corrected chi connectivity index (χ3v) is 6.96. The van der Waals surface area contributed by atoms with Gasteiger partial charge in [0, 0.05) is 36.4 Å². The van der Waals surface area contributed by atoms with Gasteiger partial charge in [0.15, 0.2) is 0 Å². The molecule has 2 N–H and O–H groups in total. The summed E-state index contributed by atoms with van der Waals surface area (Å²) in [5, 5.41) is 0. The van der Waals surface area contributed by atoms with Crippen molar-refractivity contribution in [2.45, 2.75) is 39.5 Å². The molecule has 0 aliphatic heterocycles. The van der Waals surface area contributed by atoms with Crippen molar-refractivity contribution in [1.29, 1.82) is 0 Å². The fourth-order valence-corrected chi connectivity index (χ4v) is 4.60. The predicted molar refractivity (Wildman–Crippen MR) is 165 cm³/mol. The van der Waals surface area contributed by atoms with Crippen LogP contribution in [0.25, 0.3) is 0 Å². The molecule has 2 aromatic carbocycles. The number of allylic oxidation sites excluding steroid dienone is 8. The van der Waals surface area contributed by atoms with Gasteiger partial charge in [-0.05, 0) is 11.8 Å². The van der Waals surface area contributed by atoms with Gasteiger partial charge >= 0.3 is 21.7 Å². The van der Waals surface area contributed by atoms with Crippen LogP contribution in [0, 0.1) is 59.4 Å². The molecule has 0 aromatic heterocycles. The molecule has 0 bridgehead atoms. The van der Waals surface area contributed by atoms with Gasteiger partial charge in [-0.3, -0.25) is 12.2 Å². The first-order valence-electron chi connectivity index (χ1n) is 13.6. The van der Waals surface area contributed by atoms with E-state index in [4.69, 9.17) is 0 Å². The first kappa shape index (κ1) is 42.7. The molecule has 0 radical (unpaired) electrons. The van der Waals surface area contributed by atoms with Crippen LogP contribution >= 0.6 is 0 Å². The van der Waals surface area contributed by atoms with E-state index in [0.717, 1.165) is 37.5 Å². The number of hydrogen-bond donors (Lipinski definition) is 2. The van der Waals surface area contributed by atoms with Gasteiger partial charge < -0.3 is 0 Å². The van der Waals surface area contributed by atoms with Gasteiger partial charge in [0.2, 0.25) is 20.0 Å². The number of sulfonamides is 2. The van der Waals surface area contributed by atoms with Crippen LogP contribution in [0.5, 0.6) is 0 Å². The Labute approximate surface area is 280 Å². The Morgan fingerprint density at radius 1 is 0.689 bits per heavy atom. The minimum Gasteiger partial charge on any atom is -0.273 e. The fraction of sp³-hybridized carbons (Fsp3) is 0.375. The van der Waals surface area contributed by atoms with E-state index >= 15 is 0 Å². The van der Waals surface area contributed by atoms with E-state index in [1.165, 1.54) is 12.1 Å². The summed E-state index contributed by atoms with van der Waals surface area (Å²) in [6.45, 7) is 3.99. The molecular formula is C32H38F4N2O4S2Ti. The molecule has 0 saturated heterocycles. The Kier molecular flexibility index (Phi) is 21.1. The van der Waals surface area contributed by atoms with Gasteiger partial charge in [-0.2, -0.15) is 24.3 Å². The Morgan fingerprint density at radius 2 is 1.04 bits per heavy atom. The van der Waals surface area contributed by atoms with Crippen LogP contribution in [0.4, 0.5) is 17.6 Å². The van der Waals surface area contributed by atoms with E-state index in [-0.39, 0.29) is 46.6 Å². The molecule has 13 heteroatoms. The molecule has 0 heterocycles. The number of nitrogens with one attached hydrogen (secondary N) is 2. The van der Waals surface area contributed by atoms with Gasteiger partial charge in [0.1, 0.15) is 0 Å². The number of hydrogen-bond acceptors (Lipinski definition) is 4. The Bertz CT molecular complexity index is 1380. The SMILES string of the molecule is CC(CNS(C)(=O)=O)Cc1ccc(F)[c-]c1F.CC(CNS(C)(=O)=O)Cc1ccc(F)[c-]c1F.[C-]1=CC=CC1.[C-]1=CC=CC1.[Ti+4]. The number of benzene rings is 2. The molecule has 2 aromatic rings. The molecule has 45 heavy (non-hydrogen) atoms. The minimum atomic E-state index is -3.24. The van der Waals surface area contributed by atoms with Crippen molar-refractivity contribution >= 4 is 20.0 Å². The van der Waals surface area contributed by atoms with Gasteiger partial charge in [0.05, 0.1) is 12.5 Å². The van der Waals surface area contributed by atoms with Crippen LogP contribution in [-0.4, -0.2) is 42.4 Å². The minimum absolute atomic E-state index is 0. The molecular weight excluding hydrogens is 664 g/mol. The van der Waals surface area contributed by atoms with E-state index in [1.54, 1.807) is 13.8 Å². The molecule has 6 nitrogen and oxygen atoms in total. The molecule has 0 fully saturated rings. The Hall–Kier alpha value is -2.35. The standard InChI is InChI=1S/2C11H14F2NO2S.2C5H5.Ti/c2*1-8(7-14-17(2,15)16)5-9-3-4-10(12)6-11(9)13;2*1-2-4-5-3-1;/h2*3-4,8,14H,5,7H2,1-2H3;2*1-3H,4H2;/q4*-1;+4. The summed E-state index contributed by atoms with van der Waals surface area (Å²) in [6.07, 6.45) is 22.8. The van der Waals surface area contributed by atoms with E-state index in [2.05, 4.69) is 33.7 Å². The zero-order chi connectivity index (χ0) is 33.2. The predicted octanol–water partition coefficient (Wildman–Crippen LogP) is 5.59. The van der Waals surface area contributed by atoms with Crippen molar-refractivity contribution in [3.63, 3.8) is 0 Å². The molecule has 2 atom stereocenters. The maximum absolute atomic E-state index is 13.3. The van der Waals surface area contributed by atoms with Crippen LogP contribution in [0.1, 0.15) is 37.8 Å². The first-order chi connectivity index (χ1) is 20.6. The molecule has 2 aliphatic carbocycles.